The van der Waals surface area contributed by atoms with Gasteiger partial charge in [0.25, 0.3) is 5.56 Å². The smallest absolute Gasteiger partial charge is 0.270 e. The summed E-state index contributed by atoms with van der Waals surface area (Å²) in [6, 6.07) is 3.31. The summed E-state index contributed by atoms with van der Waals surface area (Å²) in [5, 5.41) is 3.91. The van der Waals surface area contributed by atoms with Crippen molar-refractivity contribution < 1.29 is 18.3 Å². The number of methoxy groups -OCH3 is 1. The van der Waals surface area contributed by atoms with E-state index in [1.54, 1.807) is 0 Å². The maximum Gasteiger partial charge on any atom is 0.270 e. The summed E-state index contributed by atoms with van der Waals surface area (Å²) >= 11 is 5.89. The predicted molar refractivity (Wildman–Crippen MR) is 85.8 cm³/mol. The van der Waals surface area contributed by atoms with Crippen LogP contribution in [-0.2, 0) is 13.5 Å². The predicted octanol–water partition coefficient (Wildman–Crippen LogP) is 3.12. The highest BCUT2D eigenvalue weighted by Crippen LogP contribution is 2.25. The first-order valence-corrected chi connectivity index (χ1v) is 7.68. The number of ether oxygens (including phenoxy) is 2. The number of hydrogen-bond donors (Lipinski definition) is 0. The van der Waals surface area contributed by atoms with Gasteiger partial charge in [0.15, 0.2) is 22.5 Å². The average Bonchev–Trinajstić information content (AvgIpc) is 2.51. The molecule has 0 radical (unpaired) electrons. The van der Waals surface area contributed by atoms with Gasteiger partial charge in [-0.15, -0.1) is 0 Å². The third-order valence-corrected chi connectivity index (χ3v) is 3.66. The van der Waals surface area contributed by atoms with Crippen molar-refractivity contribution in [1.82, 2.24) is 9.78 Å². The van der Waals surface area contributed by atoms with Crippen LogP contribution in [0.15, 0.2) is 23.0 Å². The first-order valence-electron chi connectivity index (χ1n) is 7.31. The normalized spacial score (nSPS) is 10.7. The monoisotopic (exact) mass is 358 g/mol. The van der Waals surface area contributed by atoms with Gasteiger partial charge >= 0.3 is 0 Å². The zero-order valence-corrected chi connectivity index (χ0v) is 14.1. The summed E-state index contributed by atoms with van der Waals surface area (Å²) in [5.74, 6) is -1.09. The van der Waals surface area contributed by atoms with Gasteiger partial charge in [-0.3, -0.25) is 4.79 Å². The number of rotatable bonds is 7. The zero-order chi connectivity index (χ0) is 17.7. The zero-order valence-electron chi connectivity index (χ0n) is 13.3. The van der Waals surface area contributed by atoms with Crippen LogP contribution in [0.3, 0.4) is 0 Å². The van der Waals surface area contributed by atoms with Crippen LogP contribution in [0.2, 0.25) is 5.15 Å². The number of aromatic nitrogens is 2. The maximum atomic E-state index is 13.6. The van der Waals surface area contributed by atoms with Crippen molar-refractivity contribution in [2.24, 2.45) is 7.05 Å². The standard InChI is InChI=1S/C16H17ClF2N2O3/c1-21-14(22)9-13(16(17)20-21)24-6-4-3-5-10-7-11(18)8-12(19)15(10)23-2/h7-9H,3-6H2,1-2H3. The highest BCUT2D eigenvalue weighted by molar-refractivity contribution is 6.30. The summed E-state index contributed by atoms with van der Waals surface area (Å²) < 4.78 is 38.4. The van der Waals surface area contributed by atoms with E-state index >= 15 is 0 Å². The van der Waals surface area contributed by atoms with Gasteiger partial charge < -0.3 is 9.47 Å². The van der Waals surface area contributed by atoms with Crippen LogP contribution in [0.5, 0.6) is 11.5 Å². The molecule has 1 aromatic carbocycles. The second-order valence-corrected chi connectivity index (χ2v) is 5.50. The van der Waals surface area contributed by atoms with E-state index in [0.29, 0.717) is 31.4 Å². The highest BCUT2D eigenvalue weighted by Gasteiger charge is 2.12. The fourth-order valence-corrected chi connectivity index (χ4v) is 2.45. The van der Waals surface area contributed by atoms with Gasteiger partial charge in [-0.25, -0.2) is 13.5 Å². The molecule has 1 aromatic heterocycles. The minimum atomic E-state index is -0.721. The Balaban J connectivity index is 1.88. The summed E-state index contributed by atoms with van der Waals surface area (Å²) in [5.41, 5.74) is 0.137. The van der Waals surface area contributed by atoms with Crippen molar-refractivity contribution in [3.63, 3.8) is 0 Å². The van der Waals surface area contributed by atoms with E-state index in [-0.39, 0.29) is 22.2 Å². The molecule has 0 aliphatic carbocycles. The molecule has 5 nitrogen and oxygen atoms in total. The third-order valence-electron chi connectivity index (χ3n) is 3.40. The molecule has 0 unspecified atom stereocenters. The van der Waals surface area contributed by atoms with Gasteiger partial charge in [0.1, 0.15) is 5.82 Å². The molecular formula is C16H17ClF2N2O3. The third kappa shape index (κ3) is 4.44. The molecule has 8 heteroatoms. The first kappa shape index (κ1) is 18.2. The Kier molecular flexibility index (Phi) is 6.14. The molecule has 0 N–H and O–H groups in total. The second kappa shape index (κ2) is 8.10. The summed E-state index contributed by atoms with van der Waals surface area (Å²) in [7, 11) is 2.83. The van der Waals surface area contributed by atoms with Gasteiger partial charge in [-0.2, -0.15) is 5.10 Å². The maximum absolute atomic E-state index is 13.6. The quantitative estimate of drug-likeness (QED) is 0.714. The molecule has 0 fully saturated rings. The molecule has 2 aromatic rings. The Morgan fingerprint density at radius 2 is 2.00 bits per heavy atom. The van der Waals surface area contributed by atoms with E-state index in [1.165, 1.54) is 26.3 Å². The van der Waals surface area contributed by atoms with Crippen molar-refractivity contribution in [2.45, 2.75) is 19.3 Å². The van der Waals surface area contributed by atoms with Crippen molar-refractivity contribution in [3.8, 4) is 11.5 Å². The molecule has 0 saturated carbocycles. The van der Waals surface area contributed by atoms with Crippen LogP contribution >= 0.6 is 11.6 Å². The lowest BCUT2D eigenvalue weighted by Crippen LogP contribution is -2.19. The second-order valence-electron chi connectivity index (χ2n) is 5.15. The van der Waals surface area contributed by atoms with Crippen molar-refractivity contribution >= 4 is 11.6 Å². The van der Waals surface area contributed by atoms with Crippen LogP contribution in [-0.4, -0.2) is 23.5 Å². The number of benzene rings is 1. The summed E-state index contributed by atoms with van der Waals surface area (Å²) in [4.78, 5) is 11.5. The van der Waals surface area contributed by atoms with Crippen LogP contribution in [0.25, 0.3) is 0 Å². The molecule has 0 spiro atoms. The van der Waals surface area contributed by atoms with Crippen molar-refractivity contribution in [3.05, 3.63) is 50.9 Å². The van der Waals surface area contributed by atoms with E-state index in [4.69, 9.17) is 21.1 Å². The molecule has 0 saturated heterocycles. The molecular weight excluding hydrogens is 342 g/mol. The molecule has 0 bridgehead atoms. The van der Waals surface area contributed by atoms with Crippen LogP contribution < -0.4 is 15.0 Å². The van der Waals surface area contributed by atoms with Gasteiger partial charge in [-0.05, 0) is 25.3 Å². The van der Waals surface area contributed by atoms with Crippen molar-refractivity contribution in [2.75, 3.05) is 13.7 Å². The Morgan fingerprint density at radius 3 is 2.71 bits per heavy atom. The van der Waals surface area contributed by atoms with E-state index in [1.807, 2.05) is 0 Å². The number of aryl methyl sites for hydroxylation is 2. The van der Waals surface area contributed by atoms with Gasteiger partial charge in [0, 0.05) is 18.7 Å². The van der Waals surface area contributed by atoms with Gasteiger partial charge in [0.2, 0.25) is 0 Å². The van der Waals surface area contributed by atoms with E-state index in [9.17, 15) is 13.6 Å². The molecule has 0 aliphatic heterocycles. The van der Waals surface area contributed by atoms with Crippen LogP contribution in [0, 0.1) is 11.6 Å². The number of unbranched alkanes of at least 4 members (excludes halogenated alkanes) is 1. The Bertz CT molecular complexity index is 781. The summed E-state index contributed by atoms with van der Waals surface area (Å²) in [6.07, 6.45) is 1.66. The van der Waals surface area contributed by atoms with Gasteiger partial charge in [-0.1, -0.05) is 11.6 Å². The van der Waals surface area contributed by atoms with Crippen molar-refractivity contribution in [1.29, 1.82) is 0 Å². The van der Waals surface area contributed by atoms with Crippen LogP contribution in [0.4, 0.5) is 8.78 Å². The first-order chi connectivity index (χ1) is 11.4. The molecule has 0 atom stereocenters. The van der Waals surface area contributed by atoms with E-state index in [2.05, 4.69) is 5.10 Å². The SMILES string of the molecule is COc1c(F)cc(F)cc1CCCCOc1cc(=O)n(C)nc1Cl. The molecule has 24 heavy (non-hydrogen) atoms. The number of hydrogen-bond acceptors (Lipinski definition) is 4. The van der Waals surface area contributed by atoms with E-state index < -0.39 is 11.6 Å². The topological polar surface area (TPSA) is 53.4 Å². The van der Waals surface area contributed by atoms with Gasteiger partial charge in [0.05, 0.1) is 19.8 Å². The molecule has 0 aliphatic rings. The van der Waals surface area contributed by atoms with Crippen LogP contribution in [0.1, 0.15) is 18.4 Å². The highest BCUT2D eigenvalue weighted by atomic mass is 35.5. The van der Waals surface area contributed by atoms with E-state index in [0.717, 1.165) is 10.7 Å². The molecule has 1 heterocycles. The fraction of sp³-hybridized carbons (Fsp3) is 0.375. The number of nitrogens with zero attached hydrogens (tertiary/aromatic N) is 2. The molecule has 130 valence electrons. The lowest BCUT2D eigenvalue weighted by molar-refractivity contribution is 0.303. The largest absolute Gasteiger partial charge is 0.493 e. The lowest BCUT2D eigenvalue weighted by Gasteiger charge is -2.10. The Morgan fingerprint density at radius 1 is 1.25 bits per heavy atom. The summed E-state index contributed by atoms with van der Waals surface area (Å²) in [6.45, 7) is 0.300. The minimum absolute atomic E-state index is 0.0520. The average molecular weight is 359 g/mol. The lowest BCUT2D eigenvalue weighted by atomic mass is 10.1. The fourth-order valence-electron chi connectivity index (χ4n) is 2.22. The Hall–Kier alpha value is -2.15. The molecule has 2 rings (SSSR count). The molecule has 0 amide bonds. The minimum Gasteiger partial charge on any atom is -0.493 e. The Labute approximate surface area is 142 Å². The number of halogens is 3.